The number of nitrogens with one attached hydrogen (secondary N) is 2. The molecular weight excluding hydrogens is 296 g/mol. The van der Waals surface area contributed by atoms with Gasteiger partial charge in [-0.3, -0.25) is 4.79 Å². The third-order valence-corrected chi connectivity index (χ3v) is 3.34. The van der Waals surface area contributed by atoms with E-state index in [4.69, 9.17) is 11.5 Å². The number of hydrogen-bond donors (Lipinski definition) is 4. The highest BCUT2D eigenvalue weighted by Gasteiger charge is 2.21. The number of aromatic nitrogens is 2. The van der Waals surface area contributed by atoms with E-state index in [9.17, 15) is 9.59 Å². The zero-order valence-electron chi connectivity index (χ0n) is 13.0. The Labute approximate surface area is 133 Å². The maximum Gasteiger partial charge on any atom is 0.312 e. The van der Waals surface area contributed by atoms with Crippen LogP contribution >= 0.6 is 0 Å². The second-order valence-electron chi connectivity index (χ2n) is 5.49. The Kier molecular flexibility index (Phi) is 4.95. The molecular formula is C15H20N6O2. The summed E-state index contributed by atoms with van der Waals surface area (Å²) in [6, 6.07) is 6.15. The molecule has 0 aliphatic heterocycles. The standard InChI is InChI=1S/C15H20N6O2/c1-8(2)12(13(16)22)21-14-9-5-3-4-6-10(9)19-11(20-14)7-18-15(17)23/h3-6,8,12H,7H2,1-2H3,(H2,16,22)(H3,17,18,23)(H,19,20,21)/t12-/m0/s1. The second-order valence-corrected chi connectivity index (χ2v) is 5.49. The minimum Gasteiger partial charge on any atom is -0.368 e. The summed E-state index contributed by atoms with van der Waals surface area (Å²) in [6.45, 7) is 3.88. The van der Waals surface area contributed by atoms with Crippen LogP contribution in [-0.4, -0.2) is 27.9 Å². The third kappa shape index (κ3) is 4.06. The summed E-state index contributed by atoms with van der Waals surface area (Å²) < 4.78 is 0. The largest absolute Gasteiger partial charge is 0.368 e. The van der Waals surface area contributed by atoms with E-state index < -0.39 is 18.0 Å². The molecule has 1 aromatic heterocycles. The number of rotatable bonds is 6. The number of carbonyl (C=O) groups is 2. The Morgan fingerprint density at radius 1 is 1.17 bits per heavy atom. The van der Waals surface area contributed by atoms with Gasteiger partial charge in [0.1, 0.15) is 11.9 Å². The summed E-state index contributed by atoms with van der Waals surface area (Å²) in [4.78, 5) is 31.2. The SMILES string of the molecule is CC(C)[C@H](Nc1nc(CNC(N)=O)nc2ccccc12)C(N)=O. The van der Waals surface area contributed by atoms with Gasteiger partial charge in [-0.25, -0.2) is 14.8 Å². The zero-order chi connectivity index (χ0) is 17.0. The Morgan fingerprint density at radius 3 is 2.48 bits per heavy atom. The van der Waals surface area contributed by atoms with Crippen LogP contribution in [0.25, 0.3) is 10.9 Å². The molecule has 3 amide bonds. The van der Waals surface area contributed by atoms with Gasteiger partial charge in [-0.1, -0.05) is 26.0 Å². The van der Waals surface area contributed by atoms with Gasteiger partial charge < -0.3 is 22.1 Å². The number of para-hydroxylation sites is 1. The van der Waals surface area contributed by atoms with Crippen LogP contribution in [0.5, 0.6) is 0 Å². The lowest BCUT2D eigenvalue weighted by Crippen LogP contribution is -2.40. The fourth-order valence-corrected chi connectivity index (χ4v) is 2.19. The van der Waals surface area contributed by atoms with Crippen LogP contribution in [0.2, 0.25) is 0 Å². The predicted octanol–water partition coefficient (Wildman–Crippen LogP) is 0.720. The van der Waals surface area contributed by atoms with Crippen LogP contribution in [0, 0.1) is 5.92 Å². The fourth-order valence-electron chi connectivity index (χ4n) is 2.19. The number of benzene rings is 1. The molecule has 6 N–H and O–H groups in total. The number of carbonyl (C=O) groups excluding carboxylic acids is 2. The maximum absolute atomic E-state index is 11.6. The minimum atomic E-state index is -0.659. The Morgan fingerprint density at radius 2 is 1.87 bits per heavy atom. The average molecular weight is 316 g/mol. The summed E-state index contributed by atoms with van der Waals surface area (Å²) in [7, 11) is 0. The van der Waals surface area contributed by atoms with Crippen molar-refractivity contribution in [2.45, 2.75) is 26.4 Å². The molecule has 2 aromatic rings. The number of nitrogens with two attached hydrogens (primary N) is 2. The molecule has 0 spiro atoms. The van der Waals surface area contributed by atoms with Gasteiger partial charge in [-0.15, -0.1) is 0 Å². The molecule has 0 bridgehead atoms. The van der Waals surface area contributed by atoms with Crippen LogP contribution in [0.4, 0.5) is 10.6 Å². The lowest BCUT2D eigenvalue weighted by molar-refractivity contribution is -0.119. The van der Waals surface area contributed by atoms with Crippen molar-refractivity contribution in [2.75, 3.05) is 5.32 Å². The highest BCUT2D eigenvalue weighted by atomic mass is 16.2. The van der Waals surface area contributed by atoms with Gasteiger partial charge in [0.15, 0.2) is 5.82 Å². The van der Waals surface area contributed by atoms with Crippen molar-refractivity contribution in [1.82, 2.24) is 15.3 Å². The molecule has 8 heteroatoms. The van der Waals surface area contributed by atoms with Crippen molar-refractivity contribution >= 4 is 28.7 Å². The number of primary amides is 2. The zero-order valence-corrected chi connectivity index (χ0v) is 13.0. The summed E-state index contributed by atoms with van der Waals surface area (Å²) in [5, 5.41) is 6.29. The van der Waals surface area contributed by atoms with Crippen LogP contribution in [0.3, 0.4) is 0 Å². The molecule has 23 heavy (non-hydrogen) atoms. The van der Waals surface area contributed by atoms with Crippen molar-refractivity contribution in [3.63, 3.8) is 0 Å². The quantitative estimate of drug-likeness (QED) is 0.622. The van der Waals surface area contributed by atoms with Gasteiger partial charge in [0.2, 0.25) is 5.91 Å². The summed E-state index contributed by atoms with van der Waals surface area (Å²) in [5.41, 5.74) is 11.2. The minimum absolute atomic E-state index is 0.00609. The topological polar surface area (TPSA) is 136 Å². The van der Waals surface area contributed by atoms with Crippen LogP contribution in [0.1, 0.15) is 19.7 Å². The number of hydrogen-bond acceptors (Lipinski definition) is 5. The van der Waals surface area contributed by atoms with E-state index in [1.54, 1.807) is 0 Å². The van der Waals surface area contributed by atoms with Crippen molar-refractivity contribution in [2.24, 2.45) is 17.4 Å². The summed E-state index contributed by atoms with van der Waals surface area (Å²) in [6.07, 6.45) is 0. The van der Waals surface area contributed by atoms with Gasteiger partial charge in [-0.2, -0.15) is 0 Å². The highest BCUT2D eigenvalue weighted by Crippen LogP contribution is 2.22. The first-order valence-electron chi connectivity index (χ1n) is 7.23. The van der Waals surface area contributed by atoms with Crippen molar-refractivity contribution < 1.29 is 9.59 Å². The molecule has 0 radical (unpaired) electrons. The van der Waals surface area contributed by atoms with E-state index in [2.05, 4.69) is 20.6 Å². The molecule has 1 atom stereocenters. The lowest BCUT2D eigenvalue weighted by Gasteiger charge is -2.20. The Hall–Kier alpha value is -2.90. The van der Waals surface area contributed by atoms with Crippen LogP contribution in [0.15, 0.2) is 24.3 Å². The number of amides is 3. The molecule has 2 rings (SSSR count). The summed E-state index contributed by atoms with van der Waals surface area (Å²) in [5.74, 6) is 0.416. The summed E-state index contributed by atoms with van der Waals surface area (Å²) >= 11 is 0. The molecule has 122 valence electrons. The molecule has 0 aliphatic rings. The van der Waals surface area contributed by atoms with Gasteiger partial charge in [0.05, 0.1) is 12.1 Å². The van der Waals surface area contributed by atoms with E-state index in [0.29, 0.717) is 17.2 Å². The molecule has 0 saturated heterocycles. The van der Waals surface area contributed by atoms with Gasteiger partial charge in [-0.05, 0) is 18.1 Å². The van der Waals surface area contributed by atoms with Gasteiger partial charge in [0.25, 0.3) is 0 Å². The van der Waals surface area contributed by atoms with E-state index in [1.165, 1.54) is 0 Å². The van der Waals surface area contributed by atoms with Crippen molar-refractivity contribution in [1.29, 1.82) is 0 Å². The molecule has 0 saturated carbocycles. The highest BCUT2D eigenvalue weighted by molar-refractivity contribution is 5.92. The van der Waals surface area contributed by atoms with E-state index in [-0.39, 0.29) is 12.5 Å². The predicted molar refractivity (Wildman–Crippen MR) is 87.4 cm³/mol. The number of anilines is 1. The molecule has 0 unspecified atom stereocenters. The Bertz CT molecular complexity index is 731. The van der Waals surface area contributed by atoms with Crippen molar-refractivity contribution in [3.8, 4) is 0 Å². The number of fused-ring (bicyclic) bond motifs is 1. The molecule has 1 aromatic carbocycles. The third-order valence-electron chi connectivity index (χ3n) is 3.34. The van der Waals surface area contributed by atoms with E-state index in [0.717, 1.165) is 5.39 Å². The molecule has 1 heterocycles. The average Bonchev–Trinajstić information content (AvgIpc) is 2.49. The fraction of sp³-hybridized carbons (Fsp3) is 0.333. The lowest BCUT2D eigenvalue weighted by atomic mass is 10.0. The first-order valence-corrected chi connectivity index (χ1v) is 7.23. The Balaban J connectivity index is 2.43. The first-order chi connectivity index (χ1) is 10.9. The normalized spacial score (nSPS) is 12.1. The van der Waals surface area contributed by atoms with E-state index >= 15 is 0 Å². The second kappa shape index (κ2) is 6.91. The monoisotopic (exact) mass is 316 g/mol. The maximum atomic E-state index is 11.6. The van der Waals surface area contributed by atoms with Gasteiger partial charge in [0, 0.05) is 5.39 Å². The van der Waals surface area contributed by atoms with Crippen LogP contribution in [-0.2, 0) is 11.3 Å². The van der Waals surface area contributed by atoms with Gasteiger partial charge >= 0.3 is 6.03 Å². The smallest absolute Gasteiger partial charge is 0.312 e. The number of nitrogens with zero attached hydrogens (tertiary/aromatic N) is 2. The van der Waals surface area contributed by atoms with Crippen LogP contribution < -0.4 is 22.1 Å². The molecule has 0 fully saturated rings. The van der Waals surface area contributed by atoms with E-state index in [1.807, 2.05) is 38.1 Å². The molecule has 8 nitrogen and oxygen atoms in total. The first kappa shape index (κ1) is 16.5. The van der Waals surface area contributed by atoms with Crippen molar-refractivity contribution in [3.05, 3.63) is 30.1 Å². The number of urea groups is 1. The molecule has 0 aliphatic carbocycles.